The fourth-order valence-electron chi connectivity index (χ4n) is 3.10. The quantitative estimate of drug-likeness (QED) is 0.879. The summed E-state index contributed by atoms with van der Waals surface area (Å²) in [4.78, 5) is 28.9. The third kappa shape index (κ3) is 3.25. The van der Waals surface area contributed by atoms with Crippen LogP contribution in [-0.2, 0) is 4.74 Å². The Morgan fingerprint density at radius 1 is 1.35 bits per heavy atom. The van der Waals surface area contributed by atoms with Crippen LogP contribution in [0.3, 0.4) is 0 Å². The van der Waals surface area contributed by atoms with E-state index in [0.717, 1.165) is 18.2 Å². The van der Waals surface area contributed by atoms with Gasteiger partial charge in [-0.25, -0.2) is 4.79 Å². The van der Waals surface area contributed by atoms with Crippen LogP contribution in [0.25, 0.3) is 10.9 Å². The molecule has 0 saturated carbocycles. The van der Waals surface area contributed by atoms with E-state index in [-0.39, 0.29) is 17.7 Å². The highest BCUT2D eigenvalue weighted by molar-refractivity contribution is 5.79. The molecule has 1 N–H and O–H groups in total. The molecule has 1 atom stereocenters. The average molecular weight is 317 g/mol. The van der Waals surface area contributed by atoms with Crippen molar-refractivity contribution in [3.8, 4) is 0 Å². The van der Waals surface area contributed by atoms with E-state index in [9.17, 15) is 9.59 Å². The van der Waals surface area contributed by atoms with Crippen molar-refractivity contribution in [3.05, 3.63) is 34.9 Å². The van der Waals surface area contributed by atoms with E-state index in [0.29, 0.717) is 18.6 Å². The molecule has 0 spiro atoms. The van der Waals surface area contributed by atoms with Gasteiger partial charge in [0.2, 0.25) is 0 Å². The van der Waals surface area contributed by atoms with E-state index in [2.05, 4.69) is 4.98 Å². The SMILES string of the molecule is CC(C)(C)OC(=O)N1CCCC(n2ccc3cc[nH]c(=O)c32)C1. The molecule has 1 aliphatic heterocycles. The van der Waals surface area contributed by atoms with E-state index in [1.165, 1.54) is 0 Å². The fraction of sp³-hybridized carbons (Fsp3) is 0.529. The first-order valence-electron chi connectivity index (χ1n) is 8.01. The molecule has 1 saturated heterocycles. The van der Waals surface area contributed by atoms with Gasteiger partial charge in [-0.15, -0.1) is 0 Å². The highest BCUT2D eigenvalue weighted by Crippen LogP contribution is 2.26. The molecule has 124 valence electrons. The highest BCUT2D eigenvalue weighted by Gasteiger charge is 2.29. The van der Waals surface area contributed by atoms with Gasteiger partial charge in [0.1, 0.15) is 11.1 Å². The highest BCUT2D eigenvalue weighted by atomic mass is 16.6. The second-order valence-electron chi connectivity index (χ2n) is 7.06. The fourth-order valence-corrected chi connectivity index (χ4v) is 3.10. The van der Waals surface area contributed by atoms with Gasteiger partial charge >= 0.3 is 6.09 Å². The molecule has 0 bridgehead atoms. The smallest absolute Gasteiger partial charge is 0.410 e. The van der Waals surface area contributed by atoms with Crippen LogP contribution in [0.4, 0.5) is 4.79 Å². The molecule has 2 aromatic heterocycles. The Balaban J connectivity index is 1.83. The van der Waals surface area contributed by atoms with E-state index >= 15 is 0 Å². The van der Waals surface area contributed by atoms with Gasteiger partial charge in [0.25, 0.3) is 5.56 Å². The first kappa shape index (κ1) is 15.6. The molecule has 0 aromatic carbocycles. The lowest BCUT2D eigenvalue weighted by Gasteiger charge is -2.35. The zero-order chi connectivity index (χ0) is 16.6. The van der Waals surface area contributed by atoms with Gasteiger partial charge in [0.05, 0.1) is 6.04 Å². The molecule has 3 heterocycles. The number of aromatic amines is 1. The number of rotatable bonds is 1. The number of hydrogen-bond acceptors (Lipinski definition) is 3. The zero-order valence-electron chi connectivity index (χ0n) is 13.8. The third-order valence-corrected chi connectivity index (χ3v) is 4.08. The Labute approximate surface area is 135 Å². The minimum atomic E-state index is -0.499. The van der Waals surface area contributed by atoms with E-state index in [1.54, 1.807) is 11.1 Å². The maximum atomic E-state index is 12.3. The molecule has 1 unspecified atom stereocenters. The van der Waals surface area contributed by atoms with Crippen LogP contribution in [0.2, 0.25) is 0 Å². The summed E-state index contributed by atoms with van der Waals surface area (Å²) in [6.07, 6.45) is 5.14. The number of amides is 1. The zero-order valence-corrected chi connectivity index (χ0v) is 13.8. The Hall–Kier alpha value is -2.24. The number of hydrogen-bond donors (Lipinski definition) is 1. The van der Waals surface area contributed by atoms with Gasteiger partial charge in [0, 0.05) is 30.9 Å². The minimum Gasteiger partial charge on any atom is -0.444 e. The first-order valence-corrected chi connectivity index (χ1v) is 8.01. The maximum absolute atomic E-state index is 12.3. The summed E-state index contributed by atoms with van der Waals surface area (Å²) < 4.78 is 7.45. The summed E-state index contributed by atoms with van der Waals surface area (Å²) in [6.45, 7) is 6.86. The van der Waals surface area contributed by atoms with Crippen molar-refractivity contribution in [1.82, 2.24) is 14.5 Å². The minimum absolute atomic E-state index is 0.0947. The van der Waals surface area contributed by atoms with Crippen molar-refractivity contribution in [2.45, 2.75) is 45.3 Å². The van der Waals surface area contributed by atoms with Crippen molar-refractivity contribution in [3.63, 3.8) is 0 Å². The van der Waals surface area contributed by atoms with E-state index < -0.39 is 5.60 Å². The first-order chi connectivity index (χ1) is 10.8. The van der Waals surface area contributed by atoms with Crippen molar-refractivity contribution in [2.24, 2.45) is 0 Å². The van der Waals surface area contributed by atoms with Crippen LogP contribution in [0.5, 0.6) is 0 Å². The van der Waals surface area contributed by atoms with Crippen LogP contribution in [0.15, 0.2) is 29.3 Å². The molecule has 2 aromatic rings. The normalized spacial score (nSPS) is 19.1. The van der Waals surface area contributed by atoms with Gasteiger partial charge in [0.15, 0.2) is 0 Å². The number of H-pyrrole nitrogens is 1. The lowest BCUT2D eigenvalue weighted by atomic mass is 10.1. The second kappa shape index (κ2) is 5.76. The number of likely N-dealkylation sites (tertiary alicyclic amines) is 1. The van der Waals surface area contributed by atoms with Crippen LogP contribution < -0.4 is 5.56 Å². The molecule has 1 aliphatic rings. The number of piperidine rings is 1. The summed E-state index contributed by atoms with van der Waals surface area (Å²) in [5.41, 5.74) is 0.0758. The molecule has 1 fully saturated rings. The average Bonchev–Trinajstić information content (AvgIpc) is 2.91. The maximum Gasteiger partial charge on any atom is 0.410 e. The Kier molecular flexibility index (Phi) is 3.92. The molecule has 0 aliphatic carbocycles. The van der Waals surface area contributed by atoms with Gasteiger partial charge in [-0.1, -0.05) is 0 Å². The summed E-state index contributed by atoms with van der Waals surface area (Å²) in [6, 6.07) is 3.93. The number of nitrogens with one attached hydrogen (secondary N) is 1. The summed E-state index contributed by atoms with van der Waals surface area (Å²) >= 11 is 0. The lowest BCUT2D eigenvalue weighted by molar-refractivity contribution is 0.0174. The molecule has 6 nitrogen and oxygen atoms in total. The number of fused-ring (bicyclic) bond motifs is 1. The van der Waals surface area contributed by atoms with Gasteiger partial charge < -0.3 is 19.2 Å². The van der Waals surface area contributed by atoms with Crippen molar-refractivity contribution in [1.29, 1.82) is 0 Å². The van der Waals surface area contributed by atoms with Gasteiger partial charge in [-0.2, -0.15) is 0 Å². The molecular formula is C17H23N3O3. The number of carbonyl (C=O) groups is 1. The summed E-state index contributed by atoms with van der Waals surface area (Å²) in [5.74, 6) is 0. The van der Waals surface area contributed by atoms with Crippen molar-refractivity contribution < 1.29 is 9.53 Å². The monoisotopic (exact) mass is 317 g/mol. The van der Waals surface area contributed by atoms with Crippen LogP contribution in [0, 0.1) is 0 Å². The van der Waals surface area contributed by atoms with Crippen molar-refractivity contribution >= 4 is 17.0 Å². The van der Waals surface area contributed by atoms with Crippen LogP contribution in [-0.4, -0.2) is 39.2 Å². The molecule has 23 heavy (non-hydrogen) atoms. The topological polar surface area (TPSA) is 67.3 Å². The molecule has 0 radical (unpaired) electrons. The van der Waals surface area contributed by atoms with Crippen molar-refractivity contribution in [2.75, 3.05) is 13.1 Å². The lowest BCUT2D eigenvalue weighted by Crippen LogP contribution is -2.43. The summed E-state index contributed by atoms with van der Waals surface area (Å²) in [7, 11) is 0. The predicted octanol–water partition coefficient (Wildman–Crippen LogP) is 2.90. The number of pyridine rings is 1. The number of aromatic nitrogens is 2. The molecular weight excluding hydrogens is 294 g/mol. The third-order valence-electron chi connectivity index (χ3n) is 4.08. The molecule has 6 heteroatoms. The number of ether oxygens (including phenoxy) is 1. The van der Waals surface area contributed by atoms with Crippen LogP contribution in [0.1, 0.15) is 39.7 Å². The summed E-state index contributed by atoms with van der Waals surface area (Å²) in [5, 5.41) is 0.920. The van der Waals surface area contributed by atoms with Crippen LogP contribution >= 0.6 is 0 Å². The largest absolute Gasteiger partial charge is 0.444 e. The number of carbonyl (C=O) groups excluding carboxylic acids is 1. The molecule has 1 amide bonds. The van der Waals surface area contributed by atoms with Gasteiger partial charge in [-0.3, -0.25) is 4.79 Å². The van der Waals surface area contributed by atoms with E-state index in [4.69, 9.17) is 4.74 Å². The van der Waals surface area contributed by atoms with Gasteiger partial charge in [-0.05, 0) is 45.7 Å². The Morgan fingerprint density at radius 2 is 2.13 bits per heavy atom. The number of nitrogens with zero attached hydrogens (tertiary/aromatic N) is 2. The van der Waals surface area contributed by atoms with E-state index in [1.807, 2.05) is 43.7 Å². The Morgan fingerprint density at radius 3 is 2.87 bits per heavy atom. The predicted molar refractivity (Wildman–Crippen MR) is 88.6 cm³/mol. The standard InChI is InChI=1S/C17H23N3O3/c1-17(2,3)23-16(22)19-9-4-5-13(11-19)20-10-7-12-6-8-18-15(21)14(12)20/h6-8,10,13H,4-5,9,11H2,1-3H3,(H,18,21). The second-order valence-corrected chi connectivity index (χ2v) is 7.06. The molecule has 3 rings (SSSR count). The Bertz CT molecular complexity index is 769.